The van der Waals surface area contributed by atoms with E-state index in [4.69, 9.17) is 0 Å². The zero-order valence-corrected chi connectivity index (χ0v) is 32.3. The summed E-state index contributed by atoms with van der Waals surface area (Å²) in [7, 11) is 0. The van der Waals surface area contributed by atoms with Gasteiger partial charge in [-0.1, -0.05) is 60.7 Å². The molecule has 0 aliphatic carbocycles. The summed E-state index contributed by atoms with van der Waals surface area (Å²) in [6, 6.07) is 60.6. The zero-order valence-electron chi connectivity index (χ0n) is 32.3. The van der Waals surface area contributed by atoms with Crippen LogP contribution in [0.3, 0.4) is 0 Å². The van der Waals surface area contributed by atoms with E-state index >= 15 is 0 Å². The minimum absolute atomic E-state index is 0.272. The maximum Gasteiger partial charge on any atom is 0.123 e. The molecule has 0 amide bonds. The van der Waals surface area contributed by atoms with Gasteiger partial charge in [0.05, 0.1) is 0 Å². The van der Waals surface area contributed by atoms with Crippen molar-refractivity contribution in [2.75, 3.05) is 9.80 Å². The average Bonchev–Trinajstić information content (AvgIpc) is 3.77. The molecule has 0 saturated heterocycles. The fourth-order valence-corrected chi connectivity index (χ4v) is 8.72. The van der Waals surface area contributed by atoms with E-state index in [1.165, 1.54) is 67.9 Å². The molecule has 10 rings (SSSR count). The number of rotatable bonds is 9. The third-order valence-corrected chi connectivity index (χ3v) is 11.4. The van der Waals surface area contributed by atoms with E-state index in [9.17, 15) is 8.78 Å². The lowest BCUT2D eigenvalue weighted by atomic mass is 10.0. The van der Waals surface area contributed by atoms with E-state index in [0.29, 0.717) is 0 Å². The van der Waals surface area contributed by atoms with E-state index in [1.807, 2.05) is 24.3 Å². The van der Waals surface area contributed by atoms with Crippen LogP contribution in [-0.2, 0) is 13.1 Å². The van der Waals surface area contributed by atoms with Crippen LogP contribution in [0.2, 0.25) is 0 Å². The van der Waals surface area contributed by atoms with Crippen LogP contribution in [0.5, 0.6) is 0 Å². The highest BCUT2D eigenvalue weighted by Crippen LogP contribution is 2.42. The van der Waals surface area contributed by atoms with Gasteiger partial charge in [-0.05, 0) is 146 Å². The molecule has 0 saturated carbocycles. The Balaban J connectivity index is 1.01. The van der Waals surface area contributed by atoms with Crippen molar-refractivity contribution in [1.29, 1.82) is 0 Å². The topological polar surface area (TPSA) is 16.3 Å². The Hall–Kier alpha value is -7.18. The molecule has 0 atom stereocenters. The first-order valence-electron chi connectivity index (χ1n) is 19.8. The summed E-state index contributed by atoms with van der Waals surface area (Å²) in [4.78, 5) is 4.36. The Kier molecular flexibility index (Phi) is 8.75. The maximum atomic E-state index is 14.2. The summed E-state index contributed by atoms with van der Waals surface area (Å²) in [5, 5.41) is 4.78. The SMILES string of the molecule is CCn1c2ccccc2c2cc(N(c3ccc(F)cc3)c3ccc(-c4ccc(N(c5ccc(F)cc5)c5ccc6c(c5)c5ccccc5n6CC)cc4)cc3)ccc21. The zero-order chi connectivity index (χ0) is 39.3. The van der Waals surface area contributed by atoms with Crippen LogP contribution >= 0.6 is 0 Å². The van der Waals surface area contributed by atoms with Gasteiger partial charge >= 0.3 is 0 Å². The van der Waals surface area contributed by atoms with Crippen LogP contribution in [0.1, 0.15) is 13.8 Å². The Bertz CT molecular complexity index is 2880. The van der Waals surface area contributed by atoms with Gasteiger partial charge < -0.3 is 18.9 Å². The highest BCUT2D eigenvalue weighted by molar-refractivity contribution is 6.10. The molecule has 0 unspecified atom stereocenters. The monoisotopic (exact) mass is 758 g/mol. The highest BCUT2D eigenvalue weighted by atomic mass is 19.1. The van der Waals surface area contributed by atoms with Gasteiger partial charge in [-0.2, -0.15) is 0 Å². The van der Waals surface area contributed by atoms with Crippen molar-refractivity contribution in [3.8, 4) is 11.1 Å². The molecular formula is C52H40F2N4. The summed E-state index contributed by atoms with van der Waals surface area (Å²) in [5.41, 5.74) is 12.6. The molecule has 2 aromatic heterocycles. The third-order valence-electron chi connectivity index (χ3n) is 11.4. The van der Waals surface area contributed by atoms with Crippen molar-refractivity contribution in [2.45, 2.75) is 26.9 Å². The van der Waals surface area contributed by atoms with Gasteiger partial charge in [-0.15, -0.1) is 0 Å². The largest absolute Gasteiger partial charge is 0.341 e. The Morgan fingerprint density at radius 1 is 0.345 bits per heavy atom. The summed E-state index contributed by atoms with van der Waals surface area (Å²) >= 11 is 0. The van der Waals surface area contributed by atoms with Crippen LogP contribution in [0.4, 0.5) is 42.9 Å². The van der Waals surface area contributed by atoms with Crippen LogP contribution < -0.4 is 9.80 Å². The lowest BCUT2D eigenvalue weighted by Gasteiger charge is -2.26. The standard InChI is InChI=1S/C52H40F2N4/c1-3-55-49-11-7-5-9-45(49)47-33-43(29-31-51(47)55)57(41-25-17-37(53)18-26-41)39-21-13-35(14-22-39)36-15-23-40(24-16-36)58(42-27-19-38(54)20-28-42)44-30-32-52-48(34-44)46-10-6-8-12-50(46)56(52)4-2/h5-34H,3-4H2,1-2H3. The summed E-state index contributed by atoms with van der Waals surface area (Å²) in [6.45, 7) is 6.10. The molecule has 0 fully saturated rings. The number of halogens is 2. The molecule has 6 heteroatoms. The predicted octanol–water partition coefficient (Wildman–Crippen LogP) is 14.8. The number of aromatic nitrogens is 2. The minimum atomic E-state index is -0.272. The van der Waals surface area contributed by atoms with E-state index in [0.717, 1.165) is 58.3 Å². The summed E-state index contributed by atoms with van der Waals surface area (Å²) in [5.74, 6) is -0.543. The molecule has 2 heterocycles. The number of aryl methyl sites for hydroxylation is 2. The molecule has 0 aliphatic rings. The molecule has 58 heavy (non-hydrogen) atoms. The summed E-state index contributed by atoms with van der Waals surface area (Å²) in [6.07, 6.45) is 0. The minimum Gasteiger partial charge on any atom is -0.341 e. The van der Waals surface area contributed by atoms with Crippen LogP contribution in [-0.4, -0.2) is 9.13 Å². The first-order valence-corrected chi connectivity index (χ1v) is 19.8. The van der Waals surface area contributed by atoms with Crippen molar-refractivity contribution >= 4 is 77.7 Å². The van der Waals surface area contributed by atoms with Crippen molar-refractivity contribution in [3.63, 3.8) is 0 Å². The lowest BCUT2D eigenvalue weighted by Crippen LogP contribution is -2.10. The van der Waals surface area contributed by atoms with E-state index < -0.39 is 0 Å². The number of para-hydroxylation sites is 2. The lowest BCUT2D eigenvalue weighted by molar-refractivity contribution is 0.627. The van der Waals surface area contributed by atoms with Crippen LogP contribution in [0, 0.1) is 11.6 Å². The molecule has 10 aromatic rings. The molecule has 0 N–H and O–H groups in total. The normalized spacial score (nSPS) is 11.6. The predicted molar refractivity (Wildman–Crippen MR) is 239 cm³/mol. The summed E-state index contributed by atoms with van der Waals surface area (Å²) < 4.78 is 33.1. The molecule has 8 aromatic carbocycles. The Morgan fingerprint density at radius 3 is 1.02 bits per heavy atom. The molecule has 4 nitrogen and oxygen atoms in total. The van der Waals surface area contributed by atoms with Crippen LogP contribution in [0.25, 0.3) is 54.7 Å². The molecule has 0 bridgehead atoms. The van der Waals surface area contributed by atoms with E-state index in [-0.39, 0.29) is 11.6 Å². The van der Waals surface area contributed by atoms with Gasteiger partial charge in [-0.3, -0.25) is 0 Å². The quantitative estimate of drug-likeness (QED) is 0.146. The van der Waals surface area contributed by atoms with Crippen molar-refractivity contribution in [2.24, 2.45) is 0 Å². The van der Waals surface area contributed by atoms with Crippen molar-refractivity contribution < 1.29 is 8.78 Å². The number of benzene rings is 8. The number of hydrogen-bond acceptors (Lipinski definition) is 2. The van der Waals surface area contributed by atoms with Gasteiger partial charge in [0.2, 0.25) is 0 Å². The molecule has 0 spiro atoms. The number of fused-ring (bicyclic) bond motifs is 6. The van der Waals surface area contributed by atoms with Gasteiger partial charge in [0.15, 0.2) is 0 Å². The van der Waals surface area contributed by atoms with Crippen LogP contribution in [0.15, 0.2) is 182 Å². The first-order chi connectivity index (χ1) is 28.5. The van der Waals surface area contributed by atoms with Crippen molar-refractivity contribution in [1.82, 2.24) is 9.13 Å². The number of hydrogen-bond donors (Lipinski definition) is 0. The molecule has 0 aliphatic heterocycles. The molecular weight excluding hydrogens is 719 g/mol. The first kappa shape index (κ1) is 35.2. The number of anilines is 6. The smallest absolute Gasteiger partial charge is 0.123 e. The Labute approximate surface area is 336 Å². The fraction of sp³-hybridized carbons (Fsp3) is 0.0769. The second-order valence-electron chi connectivity index (χ2n) is 14.6. The average molecular weight is 759 g/mol. The van der Waals surface area contributed by atoms with Gasteiger partial charge in [-0.25, -0.2) is 8.78 Å². The Morgan fingerprint density at radius 2 is 0.655 bits per heavy atom. The van der Waals surface area contributed by atoms with Gasteiger partial charge in [0, 0.05) is 90.8 Å². The van der Waals surface area contributed by atoms with Crippen molar-refractivity contribution in [3.05, 3.63) is 194 Å². The third kappa shape index (κ3) is 5.96. The van der Waals surface area contributed by atoms with Gasteiger partial charge in [0.25, 0.3) is 0 Å². The van der Waals surface area contributed by atoms with E-state index in [1.54, 1.807) is 0 Å². The molecule has 282 valence electrons. The second-order valence-corrected chi connectivity index (χ2v) is 14.6. The highest BCUT2D eigenvalue weighted by Gasteiger charge is 2.19. The number of nitrogens with zero attached hydrogens (tertiary/aromatic N) is 4. The maximum absolute atomic E-state index is 14.2. The van der Waals surface area contributed by atoms with E-state index in [2.05, 4.69) is 166 Å². The fourth-order valence-electron chi connectivity index (χ4n) is 8.72. The molecule has 0 radical (unpaired) electrons. The second kappa shape index (κ2) is 14.4. The van der Waals surface area contributed by atoms with Gasteiger partial charge in [0.1, 0.15) is 11.6 Å².